The number of ketones is 1. The smallest absolute Gasteiger partial charge is 0.252 e. The van der Waals surface area contributed by atoms with Gasteiger partial charge in [-0.2, -0.15) is 0 Å². The Hall–Kier alpha value is -1.65. The van der Waals surface area contributed by atoms with E-state index in [0.29, 0.717) is 31.9 Å². The third-order valence-corrected chi connectivity index (χ3v) is 2.91. The summed E-state index contributed by atoms with van der Waals surface area (Å²) in [6.45, 7) is 3.36. The van der Waals surface area contributed by atoms with Gasteiger partial charge in [-0.25, -0.2) is 4.98 Å². The van der Waals surface area contributed by atoms with E-state index in [4.69, 9.17) is 0 Å². The lowest BCUT2D eigenvalue weighted by Gasteiger charge is -2.26. The van der Waals surface area contributed by atoms with Gasteiger partial charge in [-0.15, -0.1) is 0 Å². The van der Waals surface area contributed by atoms with Crippen molar-refractivity contribution < 1.29 is 4.79 Å². The lowest BCUT2D eigenvalue weighted by atomic mass is 10.1. The van der Waals surface area contributed by atoms with E-state index in [1.165, 1.54) is 0 Å². The highest BCUT2D eigenvalue weighted by Gasteiger charge is 2.18. The Morgan fingerprint density at radius 3 is 2.71 bits per heavy atom. The number of hydrogen-bond acceptors (Lipinski definition) is 4. The second-order valence-electron chi connectivity index (χ2n) is 4.34. The minimum absolute atomic E-state index is 0.115. The van der Waals surface area contributed by atoms with Crippen molar-refractivity contribution in [2.75, 3.05) is 18.0 Å². The summed E-state index contributed by atoms with van der Waals surface area (Å²) >= 11 is 0. The molecule has 1 aromatic rings. The highest BCUT2D eigenvalue weighted by Crippen LogP contribution is 2.13. The molecule has 1 aliphatic rings. The van der Waals surface area contributed by atoms with Gasteiger partial charge in [-0.3, -0.25) is 14.6 Å². The van der Waals surface area contributed by atoms with E-state index in [0.717, 1.165) is 18.5 Å². The third kappa shape index (κ3) is 2.93. The molecule has 0 aliphatic carbocycles. The van der Waals surface area contributed by atoms with Crippen LogP contribution in [-0.2, 0) is 11.2 Å². The number of aromatic nitrogens is 2. The van der Waals surface area contributed by atoms with E-state index in [9.17, 15) is 9.59 Å². The number of hydrogen-bond donors (Lipinski definition) is 1. The molecule has 1 fully saturated rings. The molecule has 1 aliphatic heterocycles. The number of rotatable bonds is 3. The Morgan fingerprint density at radius 1 is 1.35 bits per heavy atom. The number of nitrogens with one attached hydrogen (secondary N) is 1. The molecule has 0 atom stereocenters. The number of H-pyrrole nitrogens is 1. The average Bonchev–Trinajstić information content (AvgIpc) is 2.29. The maximum atomic E-state index is 11.5. The van der Waals surface area contributed by atoms with Gasteiger partial charge in [0.15, 0.2) is 0 Å². The van der Waals surface area contributed by atoms with Crippen molar-refractivity contribution in [3.8, 4) is 0 Å². The van der Waals surface area contributed by atoms with E-state index >= 15 is 0 Å². The van der Waals surface area contributed by atoms with Crippen LogP contribution in [-0.4, -0.2) is 28.8 Å². The monoisotopic (exact) mass is 235 g/mol. The van der Waals surface area contributed by atoms with Crippen LogP contribution < -0.4 is 10.5 Å². The topological polar surface area (TPSA) is 66.1 Å². The summed E-state index contributed by atoms with van der Waals surface area (Å²) in [5.74, 6) is 0.891. The highest BCUT2D eigenvalue weighted by atomic mass is 16.1. The molecule has 0 spiro atoms. The van der Waals surface area contributed by atoms with Gasteiger partial charge in [0.05, 0.1) is 0 Å². The van der Waals surface area contributed by atoms with Crippen molar-refractivity contribution in [1.29, 1.82) is 0 Å². The van der Waals surface area contributed by atoms with Crippen molar-refractivity contribution in [3.63, 3.8) is 0 Å². The molecule has 1 N–H and O–H groups in total. The van der Waals surface area contributed by atoms with E-state index in [-0.39, 0.29) is 11.3 Å². The van der Waals surface area contributed by atoms with E-state index in [1.54, 1.807) is 6.07 Å². The quantitative estimate of drug-likeness (QED) is 0.845. The maximum Gasteiger partial charge on any atom is 0.252 e. The van der Waals surface area contributed by atoms with Crippen molar-refractivity contribution in [2.45, 2.75) is 32.6 Å². The van der Waals surface area contributed by atoms with Gasteiger partial charge in [-0.1, -0.05) is 13.3 Å². The molecule has 5 nitrogen and oxygen atoms in total. The Kier molecular flexibility index (Phi) is 3.56. The number of carbonyl (C=O) groups excluding carboxylic acids is 1. The van der Waals surface area contributed by atoms with Crippen molar-refractivity contribution in [2.24, 2.45) is 0 Å². The SMILES string of the molecule is CCCc1cc(=O)[nH]c(N2CCC(=O)CC2)n1. The lowest BCUT2D eigenvalue weighted by molar-refractivity contribution is -0.119. The number of Topliss-reactive ketones (excluding diaryl/α,β-unsaturated/α-hetero) is 1. The van der Waals surface area contributed by atoms with Crippen LogP contribution in [0.3, 0.4) is 0 Å². The fourth-order valence-electron chi connectivity index (χ4n) is 2.00. The largest absolute Gasteiger partial charge is 0.341 e. The molecule has 0 radical (unpaired) electrons. The molecule has 0 saturated carbocycles. The van der Waals surface area contributed by atoms with Crippen LogP contribution in [0.2, 0.25) is 0 Å². The number of aryl methyl sites for hydroxylation is 1. The zero-order valence-corrected chi connectivity index (χ0v) is 10.0. The Bertz CT molecular complexity index is 457. The molecule has 2 rings (SSSR count). The summed E-state index contributed by atoms with van der Waals surface area (Å²) in [7, 11) is 0. The molecular formula is C12H17N3O2. The highest BCUT2D eigenvalue weighted by molar-refractivity contribution is 5.80. The number of piperidine rings is 1. The number of carbonyl (C=O) groups is 1. The van der Waals surface area contributed by atoms with Crippen molar-refractivity contribution >= 4 is 11.7 Å². The van der Waals surface area contributed by atoms with Gasteiger partial charge in [0.1, 0.15) is 5.78 Å². The van der Waals surface area contributed by atoms with Crippen LogP contribution in [0.15, 0.2) is 10.9 Å². The van der Waals surface area contributed by atoms with Crippen LogP contribution in [0.4, 0.5) is 5.95 Å². The Balaban J connectivity index is 2.19. The zero-order chi connectivity index (χ0) is 12.3. The predicted octanol–water partition coefficient (Wildman–Crippen LogP) is 0.892. The first kappa shape index (κ1) is 11.8. The Morgan fingerprint density at radius 2 is 2.06 bits per heavy atom. The first-order chi connectivity index (χ1) is 8.19. The standard InChI is InChI=1S/C12H17N3O2/c1-2-3-9-8-11(17)14-12(13-9)15-6-4-10(16)5-7-15/h8H,2-7H2,1H3,(H,13,14,17). The predicted molar refractivity (Wildman–Crippen MR) is 65.3 cm³/mol. The van der Waals surface area contributed by atoms with Gasteiger partial charge < -0.3 is 4.90 Å². The molecule has 0 aromatic carbocycles. The molecule has 5 heteroatoms. The Labute approximate surface area is 99.9 Å². The van der Waals surface area contributed by atoms with E-state index in [2.05, 4.69) is 16.9 Å². The van der Waals surface area contributed by atoms with Crippen LogP contribution >= 0.6 is 0 Å². The molecule has 2 heterocycles. The molecule has 1 aromatic heterocycles. The number of nitrogens with zero attached hydrogens (tertiary/aromatic N) is 2. The minimum Gasteiger partial charge on any atom is -0.341 e. The molecule has 0 unspecified atom stereocenters. The van der Waals surface area contributed by atoms with Crippen molar-refractivity contribution in [3.05, 3.63) is 22.1 Å². The normalized spacial score (nSPS) is 16.3. The number of aromatic amines is 1. The second-order valence-corrected chi connectivity index (χ2v) is 4.34. The minimum atomic E-state index is -0.115. The fraction of sp³-hybridized carbons (Fsp3) is 0.583. The first-order valence-electron chi connectivity index (χ1n) is 6.06. The molecule has 92 valence electrons. The molecular weight excluding hydrogens is 218 g/mol. The van der Waals surface area contributed by atoms with Gasteiger partial charge in [0.25, 0.3) is 5.56 Å². The summed E-state index contributed by atoms with van der Waals surface area (Å²) in [6, 6.07) is 1.54. The summed E-state index contributed by atoms with van der Waals surface area (Å²) in [6.07, 6.45) is 2.86. The second kappa shape index (κ2) is 5.12. The lowest BCUT2D eigenvalue weighted by Crippen LogP contribution is -2.36. The van der Waals surface area contributed by atoms with Gasteiger partial charge >= 0.3 is 0 Å². The maximum absolute atomic E-state index is 11.5. The van der Waals surface area contributed by atoms with E-state index < -0.39 is 0 Å². The molecule has 0 bridgehead atoms. The summed E-state index contributed by atoms with van der Waals surface area (Å²) < 4.78 is 0. The molecule has 1 saturated heterocycles. The van der Waals surface area contributed by atoms with Crippen LogP contribution in [0.1, 0.15) is 31.9 Å². The van der Waals surface area contributed by atoms with Gasteiger partial charge in [-0.05, 0) is 6.42 Å². The molecule has 17 heavy (non-hydrogen) atoms. The fourth-order valence-corrected chi connectivity index (χ4v) is 2.00. The zero-order valence-electron chi connectivity index (χ0n) is 10.0. The van der Waals surface area contributed by atoms with Crippen LogP contribution in [0.5, 0.6) is 0 Å². The molecule has 0 amide bonds. The van der Waals surface area contributed by atoms with Crippen molar-refractivity contribution in [1.82, 2.24) is 9.97 Å². The third-order valence-electron chi connectivity index (χ3n) is 2.91. The first-order valence-corrected chi connectivity index (χ1v) is 6.06. The van der Waals surface area contributed by atoms with E-state index in [1.807, 2.05) is 4.90 Å². The summed E-state index contributed by atoms with van der Waals surface area (Å²) in [4.78, 5) is 31.8. The average molecular weight is 235 g/mol. The van der Waals surface area contributed by atoms with Gasteiger partial charge in [0, 0.05) is 37.7 Å². The van der Waals surface area contributed by atoms with Crippen LogP contribution in [0.25, 0.3) is 0 Å². The summed E-state index contributed by atoms with van der Waals surface area (Å²) in [5.41, 5.74) is 0.707. The van der Waals surface area contributed by atoms with Crippen LogP contribution in [0, 0.1) is 0 Å². The number of anilines is 1. The van der Waals surface area contributed by atoms with Gasteiger partial charge in [0.2, 0.25) is 5.95 Å². The summed E-state index contributed by atoms with van der Waals surface area (Å²) in [5, 5.41) is 0.